The van der Waals surface area contributed by atoms with Crippen LogP contribution in [0.15, 0.2) is 29.2 Å². The van der Waals surface area contributed by atoms with Crippen molar-refractivity contribution in [3.05, 3.63) is 24.3 Å². The highest BCUT2D eigenvalue weighted by Gasteiger charge is 2.23. The molecule has 0 aromatic heterocycles. The minimum atomic E-state index is -3.60. The van der Waals surface area contributed by atoms with Crippen LogP contribution in [0, 0.1) is 11.8 Å². The van der Waals surface area contributed by atoms with Gasteiger partial charge in [-0.25, -0.2) is 13.6 Å². The predicted molar refractivity (Wildman–Crippen MR) is 82.0 cm³/mol. The van der Waals surface area contributed by atoms with Gasteiger partial charge in [0.05, 0.1) is 4.90 Å². The molecule has 0 heterocycles. The van der Waals surface area contributed by atoms with E-state index in [2.05, 4.69) is 19.2 Å². The molecule has 0 spiro atoms. The van der Waals surface area contributed by atoms with Gasteiger partial charge >= 0.3 is 0 Å². The Labute approximate surface area is 121 Å². The second-order valence-corrected chi connectivity index (χ2v) is 7.64. The first-order valence-electron chi connectivity index (χ1n) is 7.25. The number of nitrogens with one attached hydrogen (secondary N) is 1. The van der Waals surface area contributed by atoms with Crippen LogP contribution in [0.25, 0.3) is 0 Å². The quantitative estimate of drug-likeness (QED) is 0.897. The third kappa shape index (κ3) is 3.96. The van der Waals surface area contributed by atoms with Crippen LogP contribution in [0.3, 0.4) is 0 Å². The summed E-state index contributed by atoms with van der Waals surface area (Å²) in [5, 5.41) is 8.60. The number of nitrogens with two attached hydrogens (primary N) is 1. The summed E-state index contributed by atoms with van der Waals surface area (Å²) in [4.78, 5) is 0.159. The maximum Gasteiger partial charge on any atom is 0.238 e. The molecule has 5 heteroatoms. The van der Waals surface area contributed by atoms with Crippen LogP contribution in [0.1, 0.15) is 39.5 Å². The molecule has 112 valence electrons. The molecule has 0 bridgehead atoms. The second kappa shape index (κ2) is 6.14. The molecule has 1 aromatic carbocycles. The Morgan fingerprint density at radius 3 is 2.40 bits per heavy atom. The van der Waals surface area contributed by atoms with Crippen LogP contribution in [0.5, 0.6) is 0 Å². The summed E-state index contributed by atoms with van der Waals surface area (Å²) in [6, 6.07) is 7.18. The summed E-state index contributed by atoms with van der Waals surface area (Å²) in [5.41, 5.74) is 0.965. The lowest BCUT2D eigenvalue weighted by Gasteiger charge is -2.32. The molecule has 2 atom stereocenters. The molecule has 2 unspecified atom stereocenters. The fourth-order valence-electron chi connectivity index (χ4n) is 2.94. The van der Waals surface area contributed by atoms with Gasteiger partial charge in [0.25, 0.3) is 0 Å². The Kier molecular flexibility index (Phi) is 4.70. The van der Waals surface area contributed by atoms with E-state index in [1.807, 2.05) is 0 Å². The highest BCUT2D eigenvalue weighted by atomic mass is 32.2. The summed E-state index contributed by atoms with van der Waals surface area (Å²) in [6.45, 7) is 4.57. The molecule has 1 aliphatic carbocycles. The second-order valence-electron chi connectivity index (χ2n) is 6.08. The maximum atomic E-state index is 11.2. The molecule has 1 aromatic rings. The Morgan fingerprint density at radius 1 is 1.20 bits per heavy atom. The van der Waals surface area contributed by atoms with E-state index in [4.69, 9.17) is 5.14 Å². The summed E-state index contributed by atoms with van der Waals surface area (Å²) in [5.74, 6) is 1.51. The third-order valence-corrected chi connectivity index (χ3v) is 5.14. The maximum absolute atomic E-state index is 11.2. The molecule has 0 aliphatic heterocycles. The fourth-order valence-corrected chi connectivity index (χ4v) is 3.46. The Balaban J connectivity index is 2.00. The summed E-state index contributed by atoms with van der Waals surface area (Å²) in [6.07, 6.45) is 4.95. The highest BCUT2D eigenvalue weighted by Crippen LogP contribution is 2.31. The lowest BCUT2D eigenvalue weighted by atomic mass is 9.79. The molecule has 4 nitrogen and oxygen atoms in total. The number of hydrogen-bond acceptors (Lipinski definition) is 3. The zero-order chi connectivity index (χ0) is 14.8. The van der Waals surface area contributed by atoms with Gasteiger partial charge in [-0.05, 0) is 48.9 Å². The summed E-state index contributed by atoms with van der Waals surface area (Å²) in [7, 11) is -3.60. The van der Waals surface area contributed by atoms with E-state index in [1.165, 1.54) is 25.7 Å². The van der Waals surface area contributed by atoms with Crippen molar-refractivity contribution in [1.82, 2.24) is 0 Å². The number of primary sulfonamides is 1. The van der Waals surface area contributed by atoms with Crippen molar-refractivity contribution in [2.24, 2.45) is 17.0 Å². The molecule has 0 amide bonds. The van der Waals surface area contributed by atoms with Crippen molar-refractivity contribution in [2.45, 2.75) is 50.5 Å². The van der Waals surface area contributed by atoms with Crippen molar-refractivity contribution in [3.63, 3.8) is 0 Å². The van der Waals surface area contributed by atoms with Crippen molar-refractivity contribution in [1.29, 1.82) is 0 Å². The van der Waals surface area contributed by atoms with E-state index in [1.54, 1.807) is 24.3 Å². The van der Waals surface area contributed by atoms with Crippen LogP contribution >= 0.6 is 0 Å². The van der Waals surface area contributed by atoms with Gasteiger partial charge in [-0.3, -0.25) is 0 Å². The van der Waals surface area contributed by atoms with Crippen LogP contribution < -0.4 is 10.5 Å². The van der Waals surface area contributed by atoms with Gasteiger partial charge < -0.3 is 5.32 Å². The van der Waals surface area contributed by atoms with Gasteiger partial charge in [0.2, 0.25) is 10.0 Å². The average molecular weight is 296 g/mol. The van der Waals surface area contributed by atoms with E-state index < -0.39 is 10.0 Å². The standard InChI is InChI=1S/C15H24N2O2S/c1-11(2)12-4-3-5-14(10-12)17-13-6-8-15(9-7-13)20(16,18)19/h6-9,11-12,14,17H,3-5,10H2,1-2H3,(H2,16,18,19). The molecular weight excluding hydrogens is 272 g/mol. The molecule has 1 aliphatic rings. The molecule has 2 rings (SSSR count). The SMILES string of the molecule is CC(C)C1CCCC(Nc2ccc(S(N)(=O)=O)cc2)C1. The monoisotopic (exact) mass is 296 g/mol. The van der Waals surface area contributed by atoms with Gasteiger partial charge in [-0.2, -0.15) is 0 Å². The summed E-state index contributed by atoms with van der Waals surface area (Å²) >= 11 is 0. The average Bonchev–Trinajstić information content (AvgIpc) is 2.38. The van der Waals surface area contributed by atoms with E-state index in [9.17, 15) is 8.42 Å². The minimum Gasteiger partial charge on any atom is -0.382 e. The third-order valence-electron chi connectivity index (χ3n) is 4.21. The van der Waals surface area contributed by atoms with Crippen molar-refractivity contribution in [2.75, 3.05) is 5.32 Å². The molecule has 1 saturated carbocycles. The van der Waals surface area contributed by atoms with E-state index in [-0.39, 0.29) is 4.90 Å². The normalized spacial score (nSPS) is 23.8. The molecule has 20 heavy (non-hydrogen) atoms. The number of anilines is 1. The van der Waals surface area contributed by atoms with Crippen molar-refractivity contribution >= 4 is 15.7 Å². The lowest BCUT2D eigenvalue weighted by Crippen LogP contribution is -2.29. The first-order valence-corrected chi connectivity index (χ1v) is 8.80. The Hall–Kier alpha value is -1.07. The smallest absolute Gasteiger partial charge is 0.238 e. The number of hydrogen-bond donors (Lipinski definition) is 2. The first-order chi connectivity index (χ1) is 9.36. The van der Waals surface area contributed by atoms with Gasteiger partial charge in [0.15, 0.2) is 0 Å². The van der Waals surface area contributed by atoms with Crippen LogP contribution in [0.2, 0.25) is 0 Å². The van der Waals surface area contributed by atoms with Gasteiger partial charge in [-0.1, -0.05) is 26.7 Å². The molecule has 1 fully saturated rings. The van der Waals surface area contributed by atoms with Crippen LogP contribution in [-0.4, -0.2) is 14.5 Å². The van der Waals surface area contributed by atoms with Crippen molar-refractivity contribution < 1.29 is 8.42 Å². The number of rotatable bonds is 4. The van der Waals surface area contributed by atoms with Gasteiger partial charge in [-0.15, -0.1) is 0 Å². The Morgan fingerprint density at radius 2 is 1.85 bits per heavy atom. The number of benzene rings is 1. The zero-order valence-corrected chi connectivity index (χ0v) is 13.0. The number of sulfonamides is 1. The van der Waals surface area contributed by atoms with E-state index in [0.29, 0.717) is 6.04 Å². The largest absolute Gasteiger partial charge is 0.382 e. The highest BCUT2D eigenvalue weighted by molar-refractivity contribution is 7.89. The first kappa shape index (κ1) is 15.3. The Bertz CT molecular complexity index is 537. The zero-order valence-electron chi connectivity index (χ0n) is 12.2. The topological polar surface area (TPSA) is 72.2 Å². The van der Waals surface area contributed by atoms with Gasteiger partial charge in [0.1, 0.15) is 0 Å². The fraction of sp³-hybridized carbons (Fsp3) is 0.600. The summed E-state index contributed by atoms with van der Waals surface area (Å²) < 4.78 is 22.4. The minimum absolute atomic E-state index is 0.159. The lowest BCUT2D eigenvalue weighted by molar-refractivity contribution is 0.264. The molecule has 0 saturated heterocycles. The molecule has 0 radical (unpaired) electrons. The molecular formula is C15H24N2O2S. The molecule has 3 N–H and O–H groups in total. The van der Waals surface area contributed by atoms with Crippen molar-refractivity contribution in [3.8, 4) is 0 Å². The van der Waals surface area contributed by atoms with Crippen LogP contribution in [-0.2, 0) is 10.0 Å². The van der Waals surface area contributed by atoms with E-state index in [0.717, 1.165) is 17.5 Å². The van der Waals surface area contributed by atoms with Crippen LogP contribution in [0.4, 0.5) is 5.69 Å². The van der Waals surface area contributed by atoms with Gasteiger partial charge in [0, 0.05) is 11.7 Å². The van der Waals surface area contributed by atoms with E-state index >= 15 is 0 Å². The predicted octanol–water partition coefficient (Wildman–Crippen LogP) is 2.96.